The van der Waals surface area contributed by atoms with Gasteiger partial charge in [-0.25, -0.2) is 17.8 Å². The molecule has 0 saturated heterocycles. The molecule has 3 rings (SSSR count). The van der Waals surface area contributed by atoms with Gasteiger partial charge in [-0.15, -0.1) is 11.3 Å². The van der Waals surface area contributed by atoms with Crippen molar-refractivity contribution in [2.75, 3.05) is 4.72 Å². The molecular formula is C23H21FN2O2S2. The van der Waals surface area contributed by atoms with E-state index in [1.807, 2.05) is 36.6 Å². The first-order chi connectivity index (χ1) is 14.4. The fraction of sp³-hybridized carbons (Fsp3) is 0.0870. The van der Waals surface area contributed by atoms with Crippen LogP contribution in [-0.4, -0.2) is 13.4 Å². The van der Waals surface area contributed by atoms with Crippen molar-refractivity contribution in [3.05, 3.63) is 95.1 Å². The summed E-state index contributed by atoms with van der Waals surface area (Å²) in [6, 6.07) is 13.1. The van der Waals surface area contributed by atoms with Crippen LogP contribution in [0.5, 0.6) is 0 Å². The van der Waals surface area contributed by atoms with E-state index >= 15 is 0 Å². The number of halogens is 1. The molecule has 30 heavy (non-hydrogen) atoms. The number of rotatable bonds is 7. The van der Waals surface area contributed by atoms with Crippen LogP contribution in [0.3, 0.4) is 0 Å². The molecule has 3 aromatic rings. The Bertz CT molecular complexity index is 1210. The van der Waals surface area contributed by atoms with E-state index in [0.717, 1.165) is 39.4 Å². The molecule has 0 unspecified atom stereocenters. The molecule has 154 valence electrons. The minimum atomic E-state index is -4.08. The Morgan fingerprint density at radius 3 is 2.47 bits per heavy atom. The molecule has 0 amide bonds. The van der Waals surface area contributed by atoms with Crippen LogP contribution < -0.4 is 4.72 Å². The molecule has 0 spiro atoms. The van der Waals surface area contributed by atoms with Gasteiger partial charge in [0.2, 0.25) is 0 Å². The first-order valence-electron chi connectivity index (χ1n) is 9.14. The maximum absolute atomic E-state index is 14.0. The van der Waals surface area contributed by atoms with E-state index in [2.05, 4.69) is 22.4 Å². The first kappa shape index (κ1) is 21.7. The fourth-order valence-electron chi connectivity index (χ4n) is 2.91. The van der Waals surface area contributed by atoms with Crippen LogP contribution >= 0.6 is 11.3 Å². The SMILES string of the molecule is C=C/C=C(\C(F)=C/C)S(=O)(=O)Nc1ccc(-c2cc(-c3nccs3)ccc2C)cc1. The summed E-state index contributed by atoms with van der Waals surface area (Å²) in [4.78, 5) is 3.89. The summed E-state index contributed by atoms with van der Waals surface area (Å²) in [7, 11) is -4.08. The molecule has 1 heterocycles. The van der Waals surface area contributed by atoms with Gasteiger partial charge in [-0.2, -0.15) is 0 Å². The number of aromatic nitrogens is 1. The number of allylic oxidation sites excluding steroid dienone is 4. The molecule has 2 aromatic carbocycles. The van der Waals surface area contributed by atoms with E-state index in [0.29, 0.717) is 5.69 Å². The van der Waals surface area contributed by atoms with Gasteiger partial charge in [0, 0.05) is 22.8 Å². The highest BCUT2D eigenvalue weighted by Crippen LogP contribution is 2.31. The van der Waals surface area contributed by atoms with E-state index in [-0.39, 0.29) is 0 Å². The Balaban J connectivity index is 1.90. The summed E-state index contributed by atoms with van der Waals surface area (Å²) in [6.45, 7) is 6.90. The van der Waals surface area contributed by atoms with Crippen molar-refractivity contribution in [1.82, 2.24) is 4.98 Å². The summed E-state index contributed by atoms with van der Waals surface area (Å²) in [5, 5.41) is 2.87. The van der Waals surface area contributed by atoms with Crippen LogP contribution in [-0.2, 0) is 10.0 Å². The first-order valence-corrected chi connectivity index (χ1v) is 11.5. The number of hydrogen-bond donors (Lipinski definition) is 1. The van der Waals surface area contributed by atoms with Crippen molar-refractivity contribution >= 4 is 27.0 Å². The molecule has 0 saturated carbocycles. The van der Waals surface area contributed by atoms with E-state index in [9.17, 15) is 12.8 Å². The van der Waals surface area contributed by atoms with Crippen molar-refractivity contribution in [3.8, 4) is 21.7 Å². The van der Waals surface area contributed by atoms with E-state index < -0.39 is 20.8 Å². The number of thiazole rings is 1. The third kappa shape index (κ3) is 4.75. The minimum Gasteiger partial charge on any atom is -0.280 e. The highest BCUT2D eigenvalue weighted by molar-refractivity contribution is 7.96. The number of sulfonamides is 1. The van der Waals surface area contributed by atoms with Crippen molar-refractivity contribution in [3.63, 3.8) is 0 Å². The van der Waals surface area contributed by atoms with E-state index in [1.165, 1.54) is 13.0 Å². The van der Waals surface area contributed by atoms with Gasteiger partial charge < -0.3 is 0 Å². The Labute approximate surface area is 180 Å². The predicted octanol–water partition coefficient (Wildman–Crippen LogP) is 6.47. The zero-order valence-electron chi connectivity index (χ0n) is 16.6. The van der Waals surface area contributed by atoms with Crippen LogP contribution in [0.25, 0.3) is 21.7 Å². The zero-order valence-corrected chi connectivity index (χ0v) is 18.2. The summed E-state index contributed by atoms with van der Waals surface area (Å²) < 4.78 is 41.5. The van der Waals surface area contributed by atoms with Crippen LogP contribution in [0.1, 0.15) is 12.5 Å². The number of anilines is 1. The topological polar surface area (TPSA) is 59.1 Å². The Morgan fingerprint density at radius 1 is 1.17 bits per heavy atom. The van der Waals surface area contributed by atoms with Gasteiger partial charge in [-0.3, -0.25) is 4.72 Å². The normalized spacial score (nSPS) is 12.6. The fourth-order valence-corrected chi connectivity index (χ4v) is 4.75. The number of nitrogens with zero attached hydrogens (tertiary/aromatic N) is 1. The van der Waals surface area contributed by atoms with Gasteiger partial charge in [-0.05, 0) is 54.8 Å². The summed E-state index contributed by atoms with van der Waals surface area (Å²) >= 11 is 1.57. The van der Waals surface area contributed by atoms with Gasteiger partial charge >= 0.3 is 0 Å². The summed E-state index contributed by atoms with van der Waals surface area (Å²) in [5.41, 5.74) is 4.43. The largest absolute Gasteiger partial charge is 0.280 e. The number of nitrogens with one attached hydrogen (secondary N) is 1. The summed E-state index contributed by atoms with van der Waals surface area (Å²) in [6.07, 6.45) is 5.22. The van der Waals surface area contributed by atoms with Crippen LogP contribution in [0, 0.1) is 6.92 Å². The average molecular weight is 441 g/mol. The highest BCUT2D eigenvalue weighted by atomic mass is 32.2. The van der Waals surface area contributed by atoms with Gasteiger partial charge in [-0.1, -0.05) is 43.0 Å². The molecule has 4 nitrogen and oxygen atoms in total. The van der Waals surface area contributed by atoms with Crippen LogP contribution in [0.2, 0.25) is 0 Å². The standard InChI is InChI=1S/C23H21FN2O2S2/c1-4-6-22(21(24)5-2)30(27,28)26-19-11-9-17(10-12-19)20-15-18(8-7-16(20)3)23-25-13-14-29-23/h4-15,26H,1H2,2-3H3/b21-5+,22-6+. The molecule has 0 aliphatic heterocycles. The van der Waals surface area contributed by atoms with E-state index in [1.54, 1.807) is 29.7 Å². The molecule has 0 aliphatic carbocycles. The van der Waals surface area contributed by atoms with Crippen molar-refractivity contribution in [1.29, 1.82) is 0 Å². The van der Waals surface area contributed by atoms with E-state index in [4.69, 9.17) is 0 Å². The van der Waals surface area contributed by atoms with Crippen molar-refractivity contribution in [2.45, 2.75) is 13.8 Å². The Hall–Kier alpha value is -3.03. The Kier molecular flexibility index (Phi) is 6.64. The smallest absolute Gasteiger partial charge is 0.264 e. The molecule has 0 aliphatic rings. The van der Waals surface area contributed by atoms with Crippen molar-refractivity contribution < 1.29 is 12.8 Å². The third-order valence-electron chi connectivity index (χ3n) is 4.41. The Morgan fingerprint density at radius 2 is 1.87 bits per heavy atom. The van der Waals surface area contributed by atoms with Gasteiger partial charge in [0.05, 0.1) is 0 Å². The molecule has 0 bridgehead atoms. The molecule has 7 heteroatoms. The minimum absolute atomic E-state index is 0.339. The van der Waals surface area contributed by atoms with Gasteiger partial charge in [0.25, 0.3) is 10.0 Å². The molecular weight excluding hydrogens is 419 g/mol. The van der Waals surface area contributed by atoms with Gasteiger partial charge in [0.15, 0.2) is 0 Å². The quantitative estimate of drug-likeness (QED) is 0.428. The van der Waals surface area contributed by atoms with Gasteiger partial charge in [0.1, 0.15) is 15.7 Å². The lowest BCUT2D eigenvalue weighted by atomic mass is 9.98. The zero-order chi connectivity index (χ0) is 21.7. The molecule has 0 atom stereocenters. The number of hydrogen-bond acceptors (Lipinski definition) is 4. The second-order valence-electron chi connectivity index (χ2n) is 6.45. The maximum Gasteiger partial charge on any atom is 0.264 e. The average Bonchev–Trinajstić information content (AvgIpc) is 3.27. The van der Waals surface area contributed by atoms with Crippen LogP contribution in [0.4, 0.5) is 10.1 Å². The molecule has 0 fully saturated rings. The van der Waals surface area contributed by atoms with Crippen molar-refractivity contribution in [2.24, 2.45) is 0 Å². The molecule has 1 aromatic heterocycles. The third-order valence-corrected chi connectivity index (χ3v) is 6.65. The number of benzene rings is 2. The predicted molar refractivity (Wildman–Crippen MR) is 123 cm³/mol. The number of aryl methyl sites for hydroxylation is 1. The highest BCUT2D eigenvalue weighted by Gasteiger charge is 2.21. The lowest BCUT2D eigenvalue weighted by molar-refractivity contribution is 0.599. The maximum atomic E-state index is 14.0. The summed E-state index contributed by atoms with van der Waals surface area (Å²) in [5.74, 6) is -0.839. The monoisotopic (exact) mass is 440 g/mol. The van der Waals surface area contributed by atoms with Crippen LogP contribution in [0.15, 0.2) is 89.6 Å². The molecule has 0 radical (unpaired) electrons. The lowest BCUT2D eigenvalue weighted by Gasteiger charge is -2.12. The lowest BCUT2D eigenvalue weighted by Crippen LogP contribution is -2.15. The molecule has 1 N–H and O–H groups in total. The second kappa shape index (κ2) is 9.19. The second-order valence-corrected chi connectivity index (χ2v) is 9.00.